The average Bonchev–Trinajstić information content (AvgIpc) is 2.47. The summed E-state index contributed by atoms with van der Waals surface area (Å²) < 4.78 is 0. The van der Waals surface area contributed by atoms with Crippen molar-refractivity contribution in [3.8, 4) is 0 Å². The third-order valence-corrected chi connectivity index (χ3v) is 3.87. The number of nitrogens with zero attached hydrogens (tertiary/aromatic N) is 1. The number of carbonyl (C=O) groups is 1. The molecular formula is C16H15ClN2O. The maximum Gasteiger partial charge on any atom is 0.251 e. The molecule has 4 heteroatoms. The van der Waals surface area contributed by atoms with Gasteiger partial charge in [0, 0.05) is 11.8 Å². The second-order valence-corrected chi connectivity index (χ2v) is 5.37. The Balaban J connectivity index is 1.81. The number of hydrogen-bond acceptors (Lipinski definition) is 2. The van der Waals surface area contributed by atoms with Crippen LogP contribution in [0.5, 0.6) is 0 Å². The zero-order chi connectivity index (χ0) is 13.9. The van der Waals surface area contributed by atoms with Crippen LogP contribution in [-0.2, 0) is 6.42 Å². The Morgan fingerprint density at radius 2 is 2.15 bits per heavy atom. The minimum atomic E-state index is -0.101. The van der Waals surface area contributed by atoms with Gasteiger partial charge in [-0.15, -0.1) is 0 Å². The van der Waals surface area contributed by atoms with Gasteiger partial charge in [0.05, 0.1) is 6.04 Å². The van der Waals surface area contributed by atoms with Gasteiger partial charge in [-0.3, -0.25) is 4.79 Å². The van der Waals surface area contributed by atoms with Crippen LogP contribution < -0.4 is 5.32 Å². The first-order valence-electron chi connectivity index (χ1n) is 6.74. The lowest BCUT2D eigenvalue weighted by Gasteiger charge is -2.26. The van der Waals surface area contributed by atoms with E-state index in [1.165, 1.54) is 11.1 Å². The van der Waals surface area contributed by atoms with Crippen molar-refractivity contribution in [2.24, 2.45) is 0 Å². The third kappa shape index (κ3) is 2.68. The predicted molar refractivity (Wildman–Crippen MR) is 78.8 cm³/mol. The van der Waals surface area contributed by atoms with Gasteiger partial charge in [0.25, 0.3) is 5.91 Å². The van der Waals surface area contributed by atoms with E-state index in [1.54, 1.807) is 18.3 Å². The van der Waals surface area contributed by atoms with Gasteiger partial charge in [-0.1, -0.05) is 35.9 Å². The number of nitrogens with one attached hydrogen (secondary N) is 1. The minimum Gasteiger partial charge on any atom is -0.345 e. The molecule has 2 aromatic rings. The molecule has 3 rings (SSSR count). The van der Waals surface area contributed by atoms with Gasteiger partial charge in [0.15, 0.2) is 0 Å². The number of benzene rings is 1. The monoisotopic (exact) mass is 286 g/mol. The number of rotatable bonds is 2. The fourth-order valence-corrected chi connectivity index (χ4v) is 2.86. The van der Waals surface area contributed by atoms with Crippen molar-refractivity contribution in [1.82, 2.24) is 10.3 Å². The second-order valence-electron chi connectivity index (χ2n) is 4.98. The Morgan fingerprint density at radius 3 is 3.00 bits per heavy atom. The molecule has 1 aliphatic rings. The second kappa shape index (κ2) is 5.63. The van der Waals surface area contributed by atoms with Gasteiger partial charge in [-0.25, -0.2) is 4.98 Å². The van der Waals surface area contributed by atoms with Gasteiger partial charge < -0.3 is 5.32 Å². The summed E-state index contributed by atoms with van der Waals surface area (Å²) in [5.74, 6) is -0.101. The van der Waals surface area contributed by atoms with Crippen LogP contribution in [0.15, 0.2) is 42.6 Å². The highest BCUT2D eigenvalue weighted by atomic mass is 35.5. The van der Waals surface area contributed by atoms with Crippen molar-refractivity contribution in [2.45, 2.75) is 25.3 Å². The SMILES string of the molecule is O=C(N[C@H]1CCCc2ccccc21)c1ccnc(Cl)c1. The minimum absolute atomic E-state index is 0.0828. The maximum absolute atomic E-state index is 12.3. The van der Waals surface area contributed by atoms with Crippen molar-refractivity contribution in [3.05, 3.63) is 64.4 Å². The van der Waals surface area contributed by atoms with Crippen LogP contribution in [0.25, 0.3) is 0 Å². The van der Waals surface area contributed by atoms with Crippen LogP contribution in [0.2, 0.25) is 5.15 Å². The molecule has 0 saturated heterocycles. The van der Waals surface area contributed by atoms with E-state index in [2.05, 4.69) is 22.4 Å². The number of hydrogen-bond donors (Lipinski definition) is 1. The van der Waals surface area contributed by atoms with Gasteiger partial charge in [0.2, 0.25) is 0 Å². The van der Waals surface area contributed by atoms with Gasteiger partial charge >= 0.3 is 0 Å². The zero-order valence-corrected chi connectivity index (χ0v) is 11.7. The number of fused-ring (bicyclic) bond motifs is 1. The first-order valence-corrected chi connectivity index (χ1v) is 7.12. The lowest BCUT2D eigenvalue weighted by molar-refractivity contribution is 0.0932. The first kappa shape index (κ1) is 13.1. The van der Waals surface area contributed by atoms with Crippen LogP contribution >= 0.6 is 11.6 Å². The molecule has 0 spiro atoms. The summed E-state index contributed by atoms with van der Waals surface area (Å²) in [5.41, 5.74) is 3.11. The quantitative estimate of drug-likeness (QED) is 0.858. The van der Waals surface area contributed by atoms with Crippen LogP contribution in [0, 0.1) is 0 Å². The van der Waals surface area contributed by atoms with E-state index >= 15 is 0 Å². The number of aromatic nitrogens is 1. The molecule has 1 aromatic heterocycles. The number of pyridine rings is 1. The Kier molecular flexibility index (Phi) is 3.70. The molecule has 0 bridgehead atoms. The molecule has 1 aromatic carbocycles. The summed E-state index contributed by atoms with van der Waals surface area (Å²) in [6.07, 6.45) is 4.70. The molecule has 102 valence electrons. The molecule has 1 heterocycles. The molecule has 0 fully saturated rings. The third-order valence-electron chi connectivity index (χ3n) is 3.66. The van der Waals surface area contributed by atoms with Crippen molar-refractivity contribution < 1.29 is 4.79 Å². The van der Waals surface area contributed by atoms with E-state index in [9.17, 15) is 4.79 Å². The van der Waals surface area contributed by atoms with Crippen molar-refractivity contribution in [1.29, 1.82) is 0 Å². The molecule has 0 unspecified atom stereocenters. The highest BCUT2D eigenvalue weighted by molar-refractivity contribution is 6.29. The van der Waals surface area contributed by atoms with Crippen LogP contribution in [0.4, 0.5) is 0 Å². The summed E-state index contributed by atoms with van der Waals surface area (Å²) in [7, 11) is 0. The molecule has 0 radical (unpaired) electrons. The van der Waals surface area contributed by atoms with Crippen LogP contribution in [0.1, 0.15) is 40.4 Å². The Labute approximate surface area is 123 Å². The van der Waals surface area contributed by atoms with Gasteiger partial charge in [0.1, 0.15) is 5.15 Å². The number of amides is 1. The van der Waals surface area contributed by atoms with Gasteiger partial charge in [-0.2, -0.15) is 0 Å². The normalized spacial score (nSPS) is 17.4. The molecule has 1 atom stereocenters. The van der Waals surface area contributed by atoms with Crippen LogP contribution in [0.3, 0.4) is 0 Å². The lowest BCUT2D eigenvalue weighted by atomic mass is 9.87. The molecule has 0 saturated carbocycles. The summed E-state index contributed by atoms with van der Waals surface area (Å²) in [4.78, 5) is 16.2. The standard InChI is InChI=1S/C16H15ClN2O/c17-15-10-12(8-9-18-15)16(20)19-14-7-3-5-11-4-1-2-6-13(11)14/h1-2,4,6,8-10,14H,3,5,7H2,(H,19,20)/t14-/m0/s1. The summed E-state index contributed by atoms with van der Waals surface area (Å²) in [6, 6.07) is 11.6. The number of halogens is 1. The molecule has 0 aliphatic heterocycles. The highest BCUT2D eigenvalue weighted by Crippen LogP contribution is 2.29. The zero-order valence-electron chi connectivity index (χ0n) is 11.0. The maximum atomic E-state index is 12.3. The predicted octanol–water partition coefficient (Wildman–Crippen LogP) is 3.54. The molecule has 1 N–H and O–H groups in total. The molecule has 1 aliphatic carbocycles. The topological polar surface area (TPSA) is 42.0 Å². The largest absolute Gasteiger partial charge is 0.345 e. The molecule has 3 nitrogen and oxygen atoms in total. The summed E-state index contributed by atoms with van der Waals surface area (Å²) in [5, 5.41) is 3.43. The van der Waals surface area contributed by atoms with E-state index in [-0.39, 0.29) is 11.9 Å². The van der Waals surface area contributed by atoms with E-state index in [1.807, 2.05) is 12.1 Å². The Bertz CT molecular complexity index is 642. The van der Waals surface area contributed by atoms with E-state index in [4.69, 9.17) is 11.6 Å². The average molecular weight is 287 g/mol. The fourth-order valence-electron chi connectivity index (χ4n) is 2.69. The Hall–Kier alpha value is -1.87. The van der Waals surface area contributed by atoms with Crippen molar-refractivity contribution >= 4 is 17.5 Å². The van der Waals surface area contributed by atoms with E-state index in [0.717, 1.165) is 19.3 Å². The lowest BCUT2D eigenvalue weighted by Crippen LogP contribution is -2.31. The molecule has 20 heavy (non-hydrogen) atoms. The number of carbonyl (C=O) groups excluding carboxylic acids is 1. The number of aryl methyl sites for hydroxylation is 1. The summed E-state index contributed by atoms with van der Waals surface area (Å²) in [6.45, 7) is 0. The van der Waals surface area contributed by atoms with Gasteiger partial charge in [-0.05, 0) is 42.5 Å². The van der Waals surface area contributed by atoms with E-state index in [0.29, 0.717) is 10.7 Å². The molecule has 1 amide bonds. The first-order chi connectivity index (χ1) is 9.74. The fraction of sp³-hybridized carbons (Fsp3) is 0.250. The van der Waals surface area contributed by atoms with Crippen LogP contribution in [-0.4, -0.2) is 10.9 Å². The smallest absolute Gasteiger partial charge is 0.251 e. The van der Waals surface area contributed by atoms with Crippen molar-refractivity contribution in [3.63, 3.8) is 0 Å². The van der Waals surface area contributed by atoms with E-state index < -0.39 is 0 Å². The highest BCUT2D eigenvalue weighted by Gasteiger charge is 2.21. The Morgan fingerprint density at radius 1 is 1.30 bits per heavy atom. The van der Waals surface area contributed by atoms with Crippen molar-refractivity contribution in [2.75, 3.05) is 0 Å². The molecular weight excluding hydrogens is 272 g/mol. The summed E-state index contributed by atoms with van der Waals surface area (Å²) >= 11 is 5.82.